The zero-order valence-electron chi connectivity index (χ0n) is 15.6. The average Bonchev–Trinajstić information content (AvgIpc) is 3.11. The molecule has 0 unspecified atom stereocenters. The summed E-state index contributed by atoms with van der Waals surface area (Å²) in [7, 11) is 4.11. The Kier molecular flexibility index (Phi) is 4.96. The Bertz CT molecular complexity index is 739. The van der Waals surface area contributed by atoms with Crippen molar-refractivity contribution in [3.8, 4) is 0 Å². The van der Waals surface area contributed by atoms with Gasteiger partial charge in [-0.05, 0) is 62.0 Å². The standard InChI is InChI=1S/C19H28N4O3/c1-22(2)10-11-25-17-12-16(24)19(17)6-8-23(9-7-19)13-14-4-3-5-15-18(14)21-26-20-15/h3-5,16-17,24H,6-13H2,1-2H3/t16-,17+/m0/s1. The van der Waals surface area contributed by atoms with Gasteiger partial charge in [-0.15, -0.1) is 0 Å². The highest BCUT2D eigenvalue weighted by Crippen LogP contribution is 2.51. The number of aromatic nitrogens is 2. The predicted octanol–water partition coefficient (Wildman–Crippen LogP) is 1.52. The number of likely N-dealkylation sites (tertiary alicyclic amines) is 1. The van der Waals surface area contributed by atoms with E-state index in [4.69, 9.17) is 9.37 Å². The van der Waals surface area contributed by atoms with Crippen LogP contribution in [0.5, 0.6) is 0 Å². The van der Waals surface area contributed by atoms with Gasteiger partial charge in [0.25, 0.3) is 0 Å². The molecule has 1 aliphatic heterocycles. The number of fused-ring (bicyclic) bond motifs is 1. The van der Waals surface area contributed by atoms with Gasteiger partial charge in [-0.3, -0.25) is 4.90 Å². The molecule has 0 amide bonds. The van der Waals surface area contributed by atoms with E-state index in [1.54, 1.807) is 0 Å². The van der Waals surface area contributed by atoms with Crippen LogP contribution in [0.4, 0.5) is 0 Å². The van der Waals surface area contributed by atoms with Gasteiger partial charge < -0.3 is 14.7 Å². The van der Waals surface area contributed by atoms with E-state index >= 15 is 0 Å². The average molecular weight is 360 g/mol. The van der Waals surface area contributed by atoms with E-state index in [0.29, 0.717) is 0 Å². The van der Waals surface area contributed by atoms with Crippen LogP contribution in [0.15, 0.2) is 22.8 Å². The van der Waals surface area contributed by atoms with Crippen molar-refractivity contribution in [2.45, 2.75) is 38.0 Å². The highest BCUT2D eigenvalue weighted by Gasteiger charge is 2.56. The topological polar surface area (TPSA) is 74.9 Å². The zero-order chi connectivity index (χ0) is 18.1. The van der Waals surface area contributed by atoms with Crippen LogP contribution in [0.2, 0.25) is 0 Å². The molecule has 1 aromatic carbocycles. The number of ether oxygens (including phenoxy) is 1. The Balaban J connectivity index is 1.35. The second-order valence-electron chi connectivity index (χ2n) is 7.97. The van der Waals surface area contributed by atoms with E-state index in [0.717, 1.165) is 68.6 Å². The first-order chi connectivity index (χ1) is 12.6. The Morgan fingerprint density at radius 3 is 2.85 bits per heavy atom. The molecule has 2 fully saturated rings. The van der Waals surface area contributed by atoms with Gasteiger partial charge in [-0.25, -0.2) is 4.63 Å². The Morgan fingerprint density at radius 2 is 2.12 bits per heavy atom. The van der Waals surface area contributed by atoms with Crippen molar-refractivity contribution in [1.82, 2.24) is 20.1 Å². The minimum absolute atomic E-state index is 0.0513. The summed E-state index contributed by atoms with van der Waals surface area (Å²) in [6.45, 7) is 4.42. The maximum absolute atomic E-state index is 10.5. The first-order valence-electron chi connectivity index (χ1n) is 9.45. The summed E-state index contributed by atoms with van der Waals surface area (Å²) in [6, 6.07) is 6.00. The van der Waals surface area contributed by atoms with Crippen LogP contribution < -0.4 is 0 Å². The molecule has 2 heterocycles. The molecule has 1 saturated carbocycles. The molecule has 26 heavy (non-hydrogen) atoms. The highest BCUT2D eigenvalue weighted by molar-refractivity contribution is 5.76. The molecule has 1 N–H and O–H groups in total. The summed E-state index contributed by atoms with van der Waals surface area (Å²) < 4.78 is 11.0. The van der Waals surface area contributed by atoms with Gasteiger partial charge in [0.05, 0.1) is 18.8 Å². The number of rotatable bonds is 6. The fourth-order valence-electron chi connectivity index (χ4n) is 4.35. The van der Waals surface area contributed by atoms with Crippen molar-refractivity contribution in [3.63, 3.8) is 0 Å². The molecule has 1 aromatic heterocycles. The van der Waals surface area contributed by atoms with Crippen molar-refractivity contribution in [3.05, 3.63) is 23.8 Å². The monoisotopic (exact) mass is 360 g/mol. The van der Waals surface area contributed by atoms with Crippen molar-refractivity contribution < 1.29 is 14.5 Å². The third-order valence-electron chi connectivity index (χ3n) is 6.15. The van der Waals surface area contributed by atoms with Crippen LogP contribution in [0.1, 0.15) is 24.8 Å². The zero-order valence-corrected chi connectivity index (χ0v) is 15.6. The molecule has 0 radical (unpaired) electrons. The fraction of sp³-hybridized carbons (Fsp3) is 0.684. The fourth-order valence-corrected chi connectivity index (χ4v) is 4.35. The normalized spacial score (nSPS) is 25.8. The molecule has 1 aliphatic carbocycles. The Labute approximate surface area is 153 Å². The summed E-state index contributed by atoms with van der Waals surface area (Å²) in [5.74, 6) is 0. The minimum atomic E-state index is -0.225. The molecule has 2 aliphatic rings. The van der Waals surface area contributed by atoms with E-state index in [1.807, 2.05) is 12.1 Å². The smallest absolute Gasteiger partial charge is 0.139 e. The lowest BCUT2D eigenvalue weighted by molar-refractivity contribution is -0.212. The van der Waals surface area contributed by atoms with Gasteiger partial charge in [-0.2, -0.15) is 0 Å². The molecule has 2 aromatic rings. The quantitative estimate of drug-likeness (QED) is 0.837. The number of hydrogen-bond acceptors (Lipinski definition) is 7. The molecule has 1 spiro atoms. The Morgan fingerprint density at radius 1 is 1.31 bits per heavy atom. The maximum Gasteiger partial charge on any atom is 0.139 e. The number of likely N-dealkylation sites (N-methyl/N-ethyl adjacent to an activating group) is 1. The number of hydrogen-bond donors (Lipinski definition) is 1. The SMILES string of the molecule is CN(C)CCO[C@@H]1C[C@H](O)C12CCN(Cc1cccc3nonc13)CC2. The van der Waals surface area contributed by atoms with E-state index in [1.165, 1.54) is 0 Å². The number of aliphatic hydroxyl groups excluding tert-OH is 1. The largest absolute Gasteiger partial charge is 0.392 e. The lowest BCUT2D eigenvalue weighted by Crippen LogP contribution is -2.62. The number of nitrogens with zero attached hydrogens (tertiary/aromatic N) is 4. The van der Waals surface area contributed by atoms with Crippen LogP contribution in [0.25, 0.3) is 11.0 Å². The molecule has 2 atom stereocenters. The summed E-state index contributed by atoms with van der Waals surface area (Å²) >= 11 is 0. The van der Waals surface area contributed by atoms with Crippen molar-refractivity contribution in [1.29, 1.82) is 0 Å². The molecule has 1 saturated heterocycles. The van der Waals surface area contributed by atoms with E-state index in [9.17, 15) is 5.11 Å². The van der Waals surface area contributed by atoms with Crippen LogP contribution >= 0.6 is 0 Å². The van der Waals surface area contributed by atoms with Gasteiger partial charge in [-0.1, -0.05) is 12.1 Å². The van der Waals surface area contributed by atoms with Gasteiger partial charge in [0.2, 0.25) is 0 Å². The van der Waals surface area contributed by atoms with Crippen LogP contribution in [-0.2, 0) is 11.3 Å². The third-order valence-corrected chi connectivity index (χ3v) is 6.15. The predicted molar refractivity (Wildman–Crippen MR) is 97.7 cm³/mol. The first kappa shape index (κ1) is 17.9. The van der Waals surface area contributed by atoms with Gasteiger partial charge >= 0.3 is 0 Å². The van der Waals surface area contributed by atoms with Crippen molar-refractivity contribution in [2.24, 2.45) is 5.41 Å². The number of benzene rings is 1. The van der Waals surface area contributed by atoms with E-state index in [-0.39, 0.29) is 17.6 Å². The summed E-state index contributed by atoms with van der Waals surface area (Å²) in [4.78, 5) is 4.56. The molecular formula is C19H28N4O3. The van der Waals surface area contributed by atoms with E-state index in [2.05, 4.69) is 40.3 Å². The lowest BCUT2D eigenvalue weighted by atomic mass is 9.58. The van der Waals surface area contributed by atoms with Crippen LogP contribution in [0.3, 0.4) is 0 Å². The van der Waals surface area contributed by atoms with Crippen LogP contribution in [0, 0.1) is 5.41 Å². The second-order valence-corrected chi connectivity index (χ2v) is 7.97. The molecule has 7 nitrogen and oxygen atoms in total. The van der Waals surface area contributed by atoms with Crippen molar-refractivity contribution >= 4 is 11.0 Å². The summed E-state index contributed by atoms with van der Waals surface area (Å²) in [6.07, 6.45) is 2.71. The van der Waals surface area contributed by atoms with Crippen LogP contribution in [-0.4, -0.2) is 77.8 Å². The molecule has 4 rings (SSSR count). The number of aliphatic hydroxyl groups is 1. The molecule has 142 valence electrons. The van der Waals surface area contributed by atoms with E-state index < -0.39 is 0 Å². The van der Waals surface area contributed by atoms with Gasteiger partial charge in [0, 0.05) is 24.9 Å². The number of piperidine rings is 1. The second kappa shape index (κ2) is 7.23. The minimum Gasteiger partial charge on any atom is -0.392 e. The first-order valence-corrected chi connectivity index (χ1v) is 9.45. The molecule has 7 heteroatoms. The van der Waals surface area contributed by atoms with Crippen molar-refractivity contribution in [2.75, 3.05) is 40.3 Å². The molecular weight excluding hydrogens is 332 g/mol. The van der Waals surface area contributed by atoms with Gasteiger partial charge in [0.15, 0.2) is 0 Å². The summed E-state index contributed by atoms with van der Waals surface area (Å²) in [5, 5.41) is 18.4. The molecule has 0 bridgehead atoms. The Hall–Kier alpha value is -1.54. The summed E-state index contributed by atoms with van der Waals surface area (Å²) in [5.41, 5.74) is 2.75. The lowest BCUT2D eigenvalue weighted by Gasteiger charge is -2.56. The maximum atomic E-state index is 10.5. The van der Waals surface area contributed by atoms with Gasteiger partial charge in [0.1, 0.15) is 11.0 Å². The highest BCUT2D eigenvalue weighted by atomic mass is 16.6. The third kappa shape index (κ3) is 3.24.